The average molecular weight is 208 g/mol. The maximum atomic E-state index is 9.74. The number of hydrogen-bond donors (Lipinski definition) is 3. The normalized spacial score (nSPS) is 9.77. The summed E-state index contributed by atoms with van der Waals surface area (Å²) in [5, 5.41) is 0. The highest BCUT2D eigenvalue weighted by molar-refractivity contribution is 7.46. The third kappa shape index (κ3) is 10.8. The van der Waals surface area contributed by atoms with Crippen LogP contribution in [0.5, 0.6) is 0 Å². The summed E-state index contributed by atoms with van der Waals surface area (Å²) in [6.07, 6.45) is 5.08. The molecule has 0 radical (unpaired) electrons. The number of phosphoric acid groups is 1. The molecule has 0 spiro atoms. The smallest absolute Gasteiger partial charge is 0.371 e. The summed E-state index contributed by atoms with van der Waals surface area (Å²) in [7, 11) is -4.57. The third-order valence-corrected chi connectivity index (χ3v) is 1.15. The maximum absolute atomic E-state index is 9.74. The van der Waals surface area contributed by atoms with Gasteiger partial charge in [0, 0.05) is 19.3 Å². The highest BCUT2D eigenvalue weighted by atomic mass is 31.2. The molecule has 1 aromatic rings. The van der Waals surface area contributed by atoms with Gasteiger partial charge in [-0.05, 0) is 0 Å². The first-order chi connectivity index (χ1) is 5.92. The lowest BCUT2D eigenvalue weighted by Gasteiger charge is -1.98. The van der Waals surface area contributed by atoms with Gasteiger partial charge in [-0.2, -0.15) is 0 Å². The zero-order valence-electron chi connectivity index (χ0n) is 6.75. The van der Waals surface area contributed by atoms with E-state index >= 15 is 0 Å². The molecule has 0 aliphatic carbocycles. The van der Waals surface area contributed by atoms with Crippen LogP contribution >= 0.6 is 7.82 Å². The van der Waals surface area contributed by atoms with Gasteiger partial charge in [0.25, 0.3) is 0 Å². The van der Waals surface area contributed by atoms with Gasteiger partial charge >= 0.3 is 13.8 Å². The number of imidazole rings is 1. The fourth-order valence-corrected chi connectivity index (χ4v) is 0.718. The van der Waals surface area contributed by atoms with E-state index in [2.05, 4.69) is 14.5 Å². The Bertz CT molecular complexity index is 262. The fraction of sp³-hybridized carbons (Fsp3) is 0.200. The summed E-state index contributed by atoms with van der Waals surface area (Å²) >= 11 is 0. The summed E-state index contributed by atoms with van der Waals surface area (Å²) in [5.41, 5.74) is 0. The minimum atomic E-state index is -4.57. The van der Waals surface area contributed by atoms with Crippen LogP contribution in [0.4, 0.5) is 0 Å². The number of H-pyrrole nitrogens is 1. The van der Waals surface area contributed by atoms with Crippen LogP contribution in [-0.4, -0.2) is 25.7 Å². The second-order valence-electron chi connectivity index (χ2n) is 1.83. The van der Waals surface area contributed by atoms with Gasteiger partial charge in [0.2, 0.25) is 0 Å². The standard InChI is InChI=1S/C3H4N2.C2H5O5P/c1-2-5-3-4-1;1-2(3)7-8(4,5)6/h1-3H,(H,4,5);1H3,(H2,4,5,6). The van der Waals surface area contributed by atoms with Gasteiger partial charge in [0.1, 0.15) is 0 Å². The van der Waals surface area contributed by atoms with Gasteiger partial charge in [-0.15, -0.1) is 0 Å². The molecule has 13 heavy (non-hydrogen) atoms. The molecule has 0 atom stereocenters. The number of phosphoric ester groups is 1. The topological polar surface area (TPSA) is 113 Å². The van der Waals surface area contributed by atoms with Gasteiger partial charge in [-0.3, -0.25) is 14.6 Å². The van der Waals surface area contributed by atoms with Crippen molar-refractivity contribution >= 4 is 13.8 Å². The molecule has 1 aromatic heterocycles. The Morgan fingerprint density at radius 1 is 1.62 bits per heavy atom. The van der Waals surface area contributed by atoms with E-state index in [9.17, 15) is 9.36 Å². The number of carbonyl (C=O) groups is 1. The molecule has 0 aliphatic heterocycles. The van der Waals surface area contributed by atoms with Gasteiger partial charge in [0.15, 0.2) is 0 Å². The summed E-state index contributed by atoms with van der Waals surface area (Å²) in [6.45, 7) is 0.916. The quantitative estimate of drug-likeness (QED) is 0.562. The number of aromatic amines is 1. The first-order valence-electron chi connectivity index (χ1n) is 3.10. The average Bonchev–Trinajstić information content (AvgIpc) is 2.33. The van der Waals surface area contributed by atoms with Gasteiger partial charge in [0.05, 0.1) is 6.33 Å². The summed E-state index contributed by atoms with van der Waals surface area (Å²) in [4.78, 5) is 31.9. The number of aromatic nitrogens is 2. The number of rotatable bonds is 1. The van der Waals surface area contributed by atoms with E-state index < -0.39 is 13.8 Å². The van der Waals surface area contributed by atoms with Crippen molar-refractivity contribution in [3.63, 3.8) is 0 Å². The van der Waals surface area contributed by atoms with Crippen LogP contribution in [-0.2, 0) is 13.9 Å². The van der Waals surface area contributed by atoms with E-state index in [1.165, 1.54) is 0 Å². The van der Waals surface area contributed by atoms with E-state index in [1.807, 2.05) is 0 Å². The zero-order valence-corrected chi connectivity index (χ0v) is 7.64. The number of nitrogens with zero attached hydrogens (tertiary/aromatic N) is 1. The molecule has 1 rings (SSSR count). The van der Waals surface area contributed by atoms with Crippen molar-refractivity contribution in [2.75, 3.05) is 0 Å². The molecule has 8 heteroatoms. The van der Waals surface area contributed by atoms with Crippen LogP contribution in [0.3, 0.4) is 0 Å². The van der Waals surface area contributed by atoms with Crippen LogP contribution in [0.1, 0.15) is 6.92 Å². The molecule has 0 saturated carbocycles. The lowest BCUT2D eigenvalue weighted by atomic mass is 10.9. The SMILES string of the molecule is CC(=O)OP(=O)(O)O.c1c[nH]cn1. The van der Waals surface area contributed by atoms with Crippen molar-refractivity contribution in [2.45, 2.75) is 6.92 Å². The van der Waals surface area contributed by atoms with Crippen LogP contribution in [0.15, 0.2) is 18.7 Å². The van der Waals surface area contributed by atoms with Gasteiger partial charge in [-0.25, -0.2) is 9.55 Å². The predicted octanol–water partition coefficient (Wildman–Crippen LogP) is 0.0519. The molecular formula is C5H9N2O5P. The highest BCUT2D eigenvalue weighted by Crippen LogP contribution is 2.35. The van der Waals surface area contributed by atoms with Crippen LogP contribution in [0.2, 0.25) is 0 Å². The van der Waals surface area contributed by atoms with E-state index in [-0.39, 0.29) is 0 Å². The summed E-state index contributed by atoms with van der Waals surface area (Å²) in [5.74, 6) is -0.988. The van der Waals surface area contributed by atoms with E-state index in [4.69, 9.17) is 9.79 Å². The Labute approximate surface area is 74.0 Å². The van der Waals surface area contributed by atoms with Crippen molar-refractivity contribution < 1.29 is 23.7 Å². The van der Waals surface area contributed by atoms with Crippen molar-refractivity contribution in [1.29, 1.82) is 0 Å². The van der Waals surface area contributed by atoms with Crippen LogP contribution in [0.25, 0.3) is 0 Å². The van der Waals surface area contributed by atoms with Crippen LogP contribution in [0, 0.1) is 0 Å². The molecule has 0 unspecified atom stereocenters. The molecule has 7 nitrogen and oxygen atoms in total. The number of carbonyl (C=O) groups excluding carboxylic acids is 1. The van der Waals surface area contributed by atoms with Crippen molar-refractivity contribution in [3.8, 4) is 0 Å². The van der Waals surface area contributed by atoms with E-state index in [1.54, 1.807) is 18.7 Å². The van der Waals surface area contributed by atoms with E-state index in [0.29, 0.717) is 0 Å². The van der Waals surface area contributed by atoms with Crippen LogP contribution < -0.4 is 0 Å². The second-order valence-corrected chi connectivity index (χ2v) is 3.00. The van der Waals surface area contributed by atoms with Gasteiger partial charge in [-0.1, -0.05) is 0 Å². The Morgan fingerprint density at radius 2 is 2.23 bits per heavy atom. The largest absolute Gasteiger partial charge is 0.526 e. The fourth-order valence-electron chi connectivity index (χ4n) is 0.383. The Morgan fingerprint density at radius 3 is 2.31 bits per heavy atom. The van der Waals surface area contributed by atoms with Gasteiger partial charge < -0.3 is 9.51 Å². The number of hydrogen-bond acceptors (Lipinski definition) is 4. The lowest BCUT2D eigenvalue weighted by Crippen LogP contribution is -1.94. The monoisotopic (exact) mass is 208 g/mol. The molecule has 74 valence electrons. The maximum Gasteiger partial charge on any atom is 0.526 e. The summed E-state index contributed by atoms with van der Waals surface area (Å²) in [6, 6.07) is 0. The zero-order chi connectivity index (χ0) is 10.3. The third-order valence-electron chi connectivity index (χ3n) is 0.653. The van der Waals surface area contributed by atoms with Crippen molar-refractivity contribution in [2.24, 2.45) is 0 Å². The molecule has 1 heterocycles. The first kappa shape index (κ1) is 11.8. The second kappa shape index (κ2) is 5.47. The Balaban J connectivity index is 0.000000243. The minimum Gasteiger partial charge on any atom is -0.371 e. The molecule has 0 bridgehead atoms. The van der Waals surface area contributed by atoms with E-state index in [0.717, 1.165) is 6.92 Å². The molecule has 0 aliphatic rings. The summed E-state index contributed by atoms with van der Waals surface area (Å²) < 4.78 is 13.2. The van der Waals surface area contributed by atoms with Crippen molar-refractivity contribution in [1.82, 2.24) is 9.97 Å². The molecule has 3 N–H and O–H groups in total. The molecule has 0 fully saturated rings. The Hall–Kier alpha value is -1.17. The molecule has 0 aromatic carbocycles. The molecular weight excluding hydrogens is 199 g/mol. The number of nitrogens with one attached hydrogen (secondary N) is 1. The first-order valence-corrected chi connectivity index (χ1v) is 4.63. The Kier molecular flexibility index (Phi) is 4.98. The molecule has 0 amide bonds. The minimum absolute atomic E-state index is 0.916. The van der Waals surface area contributed by atoms with Crippen molar-refractivity contribution in [3.05, 3.63) is 18.7 Å². The lowest BCUT2D eigenvalue weighted by molar-refractivity contribution is -0.133. The molecule has 0 saturated heterocycles. The highest BCUT2D eigenvalue weighted by Gasteiger charge is 2.16. The predicted molar refractivity (Wildman–Crippen MR) is 42.4 cm³/mol.